The Morgan fingerprint density at radius 1 is 1.73 bits per heavy atom. The minimum atomic E-state index is 0.688. The van der Waals surface area contributed by atoms with E-state index in [2.05, 4.69) is 4.98 Å². The average Bonchev–Trinajstić information content (AvgIpc) is 2.29. The maximum atomic E-state index is 5.84. The fourth-order valence-corrected chi connectivity index (χ4v) is 1.21. The van der Waals surface area contributed by atoms with Crippen molar-refractivity contribution >= 4 is 11.6 Å². The monoisotopic (exact) mass is 173 g/mol. The lowest BCUT2D eigenvalue weighted by molar-refractivity contribution is 0.634. The van der Waals surface area contributed by atoms with E-state index in [4.69, 9.17) is 17.3 Å². The van der Waals surface area contributed by atoms with E-state index < -0.39 is 0 Å². The standard InChI is InChI=1S/C7H12ClN3/c1-6-10-5-7(8)11(6)4-2-3-9/h5H,2-4,9H2,1H3. The van der Waals surface area contributed by atoms with Crippen LogP contribution >= 0.6 is 11.6 Å². The first-order chi connectivity index (χ1) is 5.25. The van der Waals surface area contributed by atoms with Gasteiger partial charge in [0.05, 0.1) is 6.20 Å². The molecule has 0 fully saturated rings. The second kappa shape index (κ2) is 3.74. The Balaban J connectivity index is 2.67. The van der Waals surface area contributed by atoms with Gasteiger partial charge in [0.15, 0.2) is 0 Å². The summed E-state index contributed by atoms with van der Waals surface area (Å²) in [7, 11) is 0. The van der Waals surface area contributed by atoms with Crippen LogP contribution in [0.3, 0.4) is 0 Å². The van der Waals surface area contributed by atoms with E-state index in [1.807, 2.05) is 11.5 Å². The molecule has 0 aliphatic carbocycles. The highest BCUT2D eigenvalue weighted by atomic mass is 35.5. The second-order valence-electron chi connectivity index (χ2n) is 2.42. The van der Waals surface area contributed by atoms with Gasteiger partial charge in [0.2, 0.25) is 0 Å². The highest BCUT2D eigenvalue weighted by molar-refractivity contribution is 6.29. The van der Waals surface area contributed by atoms with Crippen LogP contribution in [0, 0.1) is 6.92 Å². The molecule has 0 spiro atoms. The number of nitrogens with two attached hydrogens (primary N) is 1. The van der Waals surface area contributed by atoms with Crippen molar-refractivity contribution in [2.24, 2.45) is 5.73 Å². The molecule has 0 aliphatic rings. The molecule has 1 aromatic heterocycles. The quantitative estimate of drug-likeness (QED) is 0.747. The molecule has 0 unspecified atom stereocenters. The number of hydrogen-bond acceptors (Lipinski definition) is 2. The first-order valence-electron chi connectivity index (χ1n) is 3.63. The molecule has 0 amide bonds. The van der Waals surface area contributed by atoms with Gasteiger partial charge in [-0.1, -0.05) is 11.6 Å². The van der Waals surface area contributed by atoms with Gasteiger partial charge in [-0.05, 0) is 19.9 Å². The Bertz CT molecular complexity index is 212. The molecule has 62 valence electrons. The molecule has 4 heteroatoms. The Kier molecular flexibility index (Phi) is 2.91. The zero-order valence-electron chi connectivity index (χ0n) is 6.55. The van der Waals surface area contributed by atoms with Gasteiger partial charge in [0, 0.05) is 6.54 Å². The lowest BCUT2D eigenvalue weighted by atomic mass is 10.4. The molecule has 1 heterocycles. The molecule has 0 aliphatic heterocycles. The zero-order chi connectivity index (χ0) is 8.27. The van der Waals surface area contributed by atoms with E-state index in [0.29, 0.717) is 11.7 Å². The molecule has 3 nitrogen and oxygen atoms in total. The van der Waals surface area contributed by atoms with Crippen LogP contribution in [0.4, 0.5) is 0 Å². The summed E-state index contributed by atoms with van der Waals surface area (Å²) >= 11 is 5.84. The first-order valence-corrected chi connectivity index (χ1v) is 4.01. The topological polar surface area (TPSA) is 43.8 Å². The Hall–Kier alpha value is -0.540. The molecule has 0 saturated carbocycles. The normalized spacial score (nSPS) is 10.5. The summed E-state index contributed by atoms with van der Waals surface area (Å²) in [6.07, 6.45) is 2.60. The number of aryl methyl sites for hydroxylation is 1. The van der Waals surface area contributed by atoms with Crippen molar-refractivity contribution in [1.29, 1.82) is 0 Å². The summed E-state index contributed by atoms with van der Waals surface area (Å²) in [4.78, 5) is 4.06. The van der Waals surface area contributed by atoms with Crippen molar-refractivity contribution in [3.63, 3.8) is 0 Å². The number of hydrogen-bond donors (Lipinski definition) is 1. The summed E-state index contributed by atoms with van der Waals surface area (Å²) in [5.74, 6) is 0.948. The Labute approximate surface area is 71.2 Å². The number of nitrogens with zero attached hydrogens (tertiary/aromatic N) is 2. The predicted molar refractivity (Wildman–Crippen MR) is 45.6 cm³/mol. The van der Waals surface area contributed by atoms with Crippen molar-refractivity contribution in [2.45, 2.75) is 19.9 Å². The average molecular weight is 174 g/mol. The van der Waals surface area contributed by atoms with Crippen molar-refractivity contribution in [1.82, 2.24) is 9.55 Å². The van der Waals surface area contributed by atoms with E-state index in [1.165, 1.54) is 0 Å². The van der Waals surface area contributed by atoms with Gasteiger partial charge >= 0.3 is 0 Å². The van der Waals surface area contributed by atoms with Gasteiger partial charge in [-0.15, -0.1) is 0 Å². The molecule has 1 rings (SSSR count). The molecule has 0 radical (unpaired) electrons. The largest absolute Gasteiger partial charge is 0.330 e. The number of halogens is 1. The molecule has 11 heavy (non-hydrogen) atoms. The van der Waals surface area contributed by atoms with E-state index in [9.17, 15) is 0 Å². The molecule has 2 N–H and O–H groups in total. The van der Waals surface area contributed by atoms with E-state index >= 15 is 0 Å². The highest BCUT2D eigenvalue weighted by Crippen LogP contribution is 2.10. The zero-order valence-corrected chi connectivity index (χ0v) is 7.30. The number of imidazole rings is 1. The second-order valence-corrected chi connectivity index (χ2v) is 2.81. The smallest absolute Gasteiger partial charge is 0.128 e. The molecule has 0 atom stereocenters. The van der Waals surface area contributed by atoms with Crippen LogP contribution in [0.5, 0.6) is 0 Å². The van der Waals surface area contributed by atoms with Gasteiger partial charge in [-0.25, -0.2) is 4.98 Å². The summed E-state index contributed by atoms with van der Waals surface area (Å²) in [6, 6.07) is 0. The van der Waals surface area contributed by atoms with Crippen molar-refractivity contribution in [2.75, 3.05) is 6.54 Å². The van der Waals surface area contributed by atoms with E-state index in [1.54, 1.807) is 6.20 Å². The molecule has 1 aromatic rings. The maximum absolute atomic E-state index is 5.84. The van der Waals surface area contributed by atoms with Crippen LogP contribution in [0.25, 0.3) is 0 Å². The molecule has 0 bridgehead atoms. The highest BCUT2D eigenvalue weighted by Gasteiger charge is 2.01. The van der Waals surface area contributed by atoms with Crippen LogP contribution in [0.2, 0.25) is 5.15 Å². The minimum Gasteiger partial charge on any atom is -0.330 e. The molecule has 0 saturated heterocycles. The van der Waals surface area contributed by atoms with Crippen LogP contribution in [0.1, 0.15) is 12.2 Å². The van der Waals surface area contributed by atoms with E-state index in [0.717, 1.165) is 18.8 Å². The molecule has 0 aromatic carbocycles. The minimum absolute atomic E-state index is 0.688. The van der Waals surface area contributed by atoms with Gasteiger partial charge in [-0.2, -0.15) is 0 Å². The summed E-state index contributed by atoms with van der Waals surface area (Å²) in [5.41, 5.74) is 5.37. The van der Waals surface area contributed by atoms with Gasteiger partial charge in [0.1, 0.15) is 11.0 Å². The molecular formula is C7H12ClN3. The van der Waals surface area contributed by atoms with Crippen LogP contribution in [0.15, 0.2) is 6.20 Å². The number of rotatable bonds is 3. The van der Waals surface area contributed by atoms with Crippen LogP contribution in [-0.4, -0.2) is 16.1 Å². The van der Waals surface area contributed by atoms with Crippen molar-refractivity contribution in [3.05, 3.63) is 17.2 Å². The molecular weight excluding hydrogens is 162 g/mol. The third-order valence-corrected chi connectivity index (χ3v) is 1.89. The van der Waals surface area contributed by atoms with Gasteiger partial charge in [-0.3, -0.25) is 0 Å². The van der Waals surface area contributed by atoms with Gasteiger partial charge < -0.3 is 10.3 Å². The Morgan fingerprint density at radius 2 is 2.45 bits per heavy atom. The summed E-state index contributed by atoms with van der Waals surface area (Å²) < 4.78 is 1.95. The third-order valence-electron chi connectivity index (χ3n) is 1.59. The maximum Gasteiger partial charge on any atom is 0.128 e. The van der Waals surface area contributed by atoms with E-state index in [-0.39, 0.29) is 0 Å². The van der Waals surface area contributed by atoms with Crippen LogP contribution in [-0.2, 0) is 6.54 Å². The fourth-order valence-electron chi connectivity index (χ4n) is 0.959. The SMILES string of the molecule is Cc1ncc(Cl)n1CCCN. The lowest BCUT2D eigenvalue weighted by Crippen LogP contribution is -2.07. The lowest BCUT2D eigenvalue weighted by Gasteiger charge is -2.03. The summed E-state index contributed by atoms with van der Waals surface area (Å²) in [6.45, 7) is 3.48. The van der Waals surface area contributed by atoms with Gasteiger partial charge in [0.25, 0.3) is 0 Å². The third kappa shape index (κ3) is 1.94. The van der Waals surface area contributed by atoms with Crippen LogP contribution < -0.4 is 5.73 Å². The van der Waals surface area contributed by atoms with Crippen molar-refractivity contribution in [3.8, 4) is 0 Å². The number of aromatic nitrogens is 2. The summed E-state index contributed by atoms with van der Waals surface area (Å²) in [5, 5.41) is 0.691. The van der Waals surface area contributed by atoms with Crippen molar-refractivity contribution < 1.29 is 0 Å². The Morgan fingerprint density at radius 3 is 2.91 bits per heavy atom. The predicted octanol–water partition coefficient (Wildman–Crippen LogP) is 1.19. The first kappa shape index (κ1) is 8.56. The fraction of sp³-hybridized carbons (Fsp3) is 0.571.